The van der Waals surface area contributed by atoms with Crippen molar-refractivity contribution in [2.75, 3.05) is 23.8 Å². The van der Waals surface area contributed by atoms with E-state index in [1.165, 1.54) is 0 Å². The zero-order valence-electron chi connectivity index (χ0n) is 16.3. The Kier molecular flexibility index (Phi) is 4.84. The SMILES string of the molecule is CC1(C)COc2cc(NC(=O)COc3ccc4ccccc4c3)ccc2NC1=O. The predicted molar refractivity (Wildman–Crippen MR) is 112 cm³/mol. The molecule has 4 rings (SSSR count). The lowest BCUT2D eigenvalue weighted by atomic mass is 9.94. The van der Waals surface area contributed by atoms with E-state index in [1.54, 1.807) is 18.2 Å². The van der Waals surface area contributed by atoms with Gasteiger partial charge in [-0.15, -0.1) is 0 Å². The van der Waals surface area contributed by atoms with Crippen LogP contribution >= 0.6 is 0 Å². The summed E-state index contributed by atoms with van der Waals surface area (Å²) >= 11 is 0. The van der Waals surface area contributed by atoms with Crippen molar-refractivity contribution in [1.29, 1.82) is 0 Å². The van der Waals surface area contributed by atoms with Gasteiger partial charge in [-0.1, -0.05) is 30.3 Å². The fourth-order valence-electron chi connectivity index (χ4n) is 3.04. The Morgan fingerprint density at radius 2 is 1.90 bits per heavy atom. The second-order valence-corrected chi connectivity index (χ2v) is 7.68. The number of nitrogens with one attached hydrogen (secondary N) is 2. The molecule has 1 aliphatic heterocycles. The van der Waals surface area contributed by atoms with Gasteiger partial charge in [-0.2, -0.15) is 0 Å². The molecule has 3 aromatic rings. The molecule has 0 fully saturated rings. The molecule has 0 aliphatic carbocycles. The number of ether oxygens (including phenoxy) is 2. The molecule has 0 saturated carbocycles. The summed E-state index contributed by atoms with van der Waals surface area (Å²) in [4.78, 5) is 24.5. The first-order chi connectivity index (χ1) is 13.9. The van der Waals surface area contributed by atoms with Gasteiger partial charge in [-0.25, -0.2) is 0 Å². The highest BCUT2D eigenvalue weighted by molar-refractivity contribution is 5.98. The monoisotopic (exact) mass is 390 g/mol. The first-order valence-electron chi connectivity index (χ1n) is 9.40. The molecule has 0 saturated heterocycles. The molecule has 29 heavy (non-hydrogen) atoms. The van der Waals surface area contributed by atoms with Crippen LogP contribution in [0.2, 0.25) is 0 Å². The number of carbonyl (C=O) groups is 2. The van der Waals surface area contributed by atoms with Crippen LogP contribution in [-0.4, -0.2) is 25.0 Å². The lowest BCUT2D eigenvalue weighted by Crippen LogP contribution is -2.33. The van der Waals surface area contributed by atoms with E-state index in [0.717, 1.165) is 10.8 Å². The summed E-state index contributed by atoms with van der Waals surface area (Å²) in [5.74, 6) is 0.777. The number of benzene rings is 3. The van der Waals surface area contributed by atoms with Crippen molar-refractivity contribution < 1.29 is 19.1 Å². The Morgan fingerprint density at radius 1 is 1.10 bits per heavy atom. The Morgan fingerprint density at radius 3 is 2.72 bits per heavy atom. The molecule has 2 amide bonds. The van der Waals surface area contributed by atoms with Gasteiger partial charge >= 0.3 is 0 Å². The first kappa shape index (κ1) is 18.8. The number of amides is 2. The maximum absolute atomic E-state index is 12.3. The minimum absolute atomic E-state index is 0.100. The van der Waals surface area contributed by atoms with Gasteiger partial charge in [-0.05, 0) is 48.9 Å². The van der Waals surface area contributed by atoms with Crippen molar-refractivity contribution in [3.63, 3.8) is 0 Å². The molecule has 6 heteroatoms. The van der Waals surface area contributed by atoms with E-state index < -0.39 is 5.41 Å². The Hall–Kier alpha value is -3.54. The highest BCUT2D eigenvalue weighted by atomic mass is 16.5. The van der Waals surface area contributed by atoms with Gasteiger partial charge < -0.3 is 20.1 Å². The largest absolute Gasteiger partial charge is 0.490 e. The molecule has 0 unspecified atom stereocenters. The third kappa shape index (κ3) is 4.16. The summed E-state index contributed by atoms with van der Waals surface area (Å²) < 4.78 is 11.4. The number of hydrogen-bond donors (Lipinski definition) is 2. The Labute approximate surface area is 168 Å². The number of carbonyl (C=O) groups excluding carboxylic acids is 2. The van der Waals surface area contributed by atoms with E-state index in [2.05, 4.69) is 10.6 Å². The number of hydrogen-bond acceptors (Lipinski definition) is 4. The van der Waals surface area contributed by atoms with Crippen molar-refractivity contribution in [1.82, 2.24) is 0 Å². The van der Waals surface area contributed by atoms with E-state index in [1.807, 2.05) is 56.3 Å². The summed E-state index contributed by atoms with van der Waals surface area (Å²) in [6, 6.07) is 18.8. The van der Waals surface area contributed by atoms with E-state index in [4.69, 9.17) is 9.47 Å². The van der Waals surface area contributed by atoms with E-state index in [9.17, 15) is 9.59 Å². The molecule has 1 heterocycles. The van der Waals surface area contributed by atoms with Crippen molar-refractivity contribution in [2.45, 2.75) is 13.8 Å². The molecule has 0 spiro atoms. The van der Waals surface area contributed by atoms with E-state index in [0.29, 0.717) is 22.9 Å². The van der Waals surface area contributed by atoms with Gasteiger partial charge in [0.25, 0.3) is 5.91 Å². The number of rotatable bonds is 4. The third-order valence-electron chi connectivity index (χ3n) is 4.81. The minimum atomic E-state index is -0.629. The second kappa shape index (κ2) is 7.47. The molecular formula is C23H22N2O4. The Balaban J connectivity index is 1.40. The highest BCUT2D eigenvalue weighted by Gasteiger charge is 2.32. The third-order valence-corrected chi connectivity index (χ3v) is 4.81. The summed E-state index contributed by atoms with van der Waals surface area (Å²) in [6.07, 6.45) is 0. The average Bonchev–Trinajstić information content (AvgIpc) is 2.82. The molecule has 0 atom stereocenters. The van der Waals surface area contributed by atoms with Gasteiger partial charge in [-0.3, -0.25) is 9.59 Å². The molecule has 3 aromatic carbocycles. The molecule has 6 nitrogen and oxygen atoms in total. The summed E-state index contributed by atoms with van der Waals surface area (Å²) in [5, 5.41) is 7.82. The topological polar surface area (TPSA) is 76.7 Å². The molecule has 148 valence electrons. The van der Waals surface area contributed by atoms with Crippen molar-refractivity contribution in [3.05, 3.63) is 60.7 Å². The van der Waals surface area contributed by atoms with Crippen molar-refractivity contribution in [3.8, 4) is 11.5 Å². The standard InChI is InChI=1S/C23H22N2O4/c1-23(2)14-29-20-12-17(8-10-19(20)25-22(23)27)24-21(26)13-28-18-9-7-15-5-3-4-6-16(15)11-18/h3-12H,13-14H2,1-2H3,(H,24,26)(H,25,27). The van der Waals surface area contributed by atoms with Crippen molar-refractivity contribution in [2.24, 2.45) is 5.41 Å². The number of fused-ring (bicyclic) bond motifs is 2. The fraction of sp³-hybridized carbons (Fsp3) is 0.217. The zero-order valence-corrected chi connectivity index (χ0v) is 16.3. The van der Waals surface area contributed by atoms with Crippen LogP contribution in [0.5, 0.6) is 11.5 Å². The quantitative estimate of drug-likeness (QED) is 0.700. The normalized spacial score (nSPS) is 14.9. The van der Waals surface area contributed by atoms with Gasteiger partial charge in [0.15, 0.2) is 6.61 Å². The molecule has 0 aromatic heterocycles. The maximum Gasteiger partial charge on any atom is 0.262 e. The van der Waals surface area contributed by atoms with Crippen LogP contribution in [0.15, 0.2) is 60.7 Å². The van der Waals surface area contributed by atoms with Gasteiger partial charge in [0.1, 0.15) is 18.1 Å². The summed E-state index contributed by atoms with van der Waals surface area (Å²) in [5.41, 5.74) is 0.534. The minimum Gasteiger partial charge on any atom is -0.490 e. The van der Waals surface area contributed by atoms with Crippen LogP contribution in [-0.2, 0) is 9.59 Å². The maximum atomic E-state index is 12.3. The van der Waals surface area contributed by atoms with Gasteiger partial charge in [0.2, 0.25) is 5.91 Å². The summed E-state index contributed by atoms with van der Waals surface area (Å²) in [7, 11) is 0. The molecule has 0 bridgehead atoms. The predicted octanol–water partition coefficient (Wildman–Crippen LogP) is 4.21. The van der Waals surface area contributed by atoms with Gasteiger partial charge in [0, 0.05) is 11.8 Å². The lowest BCUT2D eigenvalue weighted by molar-refractivity contribution is -0.125. The van der Waals surface area contributed by atoms with Gasteiger partial charge in [0.05, 0.1) is 11.1 Å². The molecule has 2 N–H and O–H groups in total. The van der Waals surface area contributed by atoms with E-state index >= 15 is 0 Å². The van der Waals surface area contributed by atoms with Crippen LogP contribution in [0, 0.1) is 5.41 Å². The second-order valence-electron chi connectivity index (χ2n) is 7.68. The average molecular weight is 390 g/mol. The van der Waals surface area contributed by atoms with Crippen LogP contribution in [0.25, 0.3) is 10.8 Å². The van der Waals surface area contributed by atoms with Crippen LogP contribution < -0.4 is 20.1 Å². The first-order valence-corrected chi connectivity index (χ1v) is 9.40. The smallest absolute Gasteiger partial charge is 0.262 e. The number of anilines is 2. The fourth-order valence-corrected chi connectivity index (χ4v) is 3.04. The molecular weight excluding hydrogens is 368 g/mol. The molecule has 1 aliphatic rings. The lowest BCUT2D eigenvalue weighted by Gasteiger charge is -2.18. The zero-order chi connectivity index (χ0) is 20.4. The highest BCUT2D eigenvalue weighted by Crippen LogP contribution is 2.34. The summed E-state index contributed by atoms with van der Waals surface area (Å²) in [6.45, 7) is 3.79. The molecule has 0 radical (unpaired) electrons. The van der Waals surface area contributed by atoms with Crippen LogP contribution in [0.4, 0.5) is 11.4 Å². The van der Waals surface area contributed by atoms with Crippen LogP contribution in [0.3, 0.4) is 0 Å². The Bertz CT molecular complexity index is 1090. The van der Waals surface area contributed by atoms with Crippen LogP contribution in [0.1, 0.15) is 13.8 Å². The van der Waals surface area contributed by atoms with Crippen molar-refractivity contribution >= 4 is 34.0 Å². The van der Waals surface area contributed by atoms with E-state index in [-0.39, 0.29) is 25.0 Å².